The molecule has 0 saturated carbocycles. The van der Waals surface area contributed by atoms with Crippen LogP contribution in [0, 0.1) is 0 Å². The van der Waals surface area contributed by atoms with Gasteiger partial charge in [-0.15, -0.1) is 22.9 Å². The minimum atomic E-state index is 0.535. The van der Waals surface area contributed by atoms with Gasteiger partial charge in [0.15, 0.2) is 0 Å². The van der Waals surface area contributed by atoms with Crippen molar-refractivity contribution in [2.45, 2.75) is 37.7 Å². The van der Waals surface area contributed by atoms with Crippen molar-refractivity contribution >= 4 is 22.9 Å². The third-order valence-electron chi connectivity index (χ3n) is 4.00. The van der Waals surface area contributed by atoms with Crippen LogP contribution in [0.5, 0.6) is 0 Å². The van der Waals surface area contributed by atoms with Gasteiger partial charge in [0, 0.05) is 24.5 Å². The SMILES string of the molecule is ClCc1csc(CN2CCC(N3CCCC3)C2)n1. The molecule has 1 aromatic rings. The summed E-state index contributed by atoms with van der Waals surface area (Å²) < 4.78 is 0. The fourth-order valence-electron chi connectivity index (χ4n) is 3.03. The van der Waals surface area contributed by atoms with E-state index in [0.29, 0.717) is 5.88 Å². The van der Waals surface area contributed by atoms with Crippen LogP contribution < -0.4 is 0 Å². The van der Waals surface area contributed by atoms with Gasteiger partial charge in [-0.2, -0.15) is 0 Å². The highest BCUT2D eigenvalue weighted by atomic mass is 35.5. The topological polar surface area (TPSA) is 19.4 Å². The Morgan fingerprint density at radius 1 is 1.33 bits per heavy atom. The molecule has 0 amide bonds. The molecule has 3 rings (SSSR count). The molecular formula is C13H20ClN3S. The number of likely N-dealkylation sites (tertiary alicyclic amines) is 2. The molecule has 3 nitrogen and oxygen atoms in total. The lowest BCUT2D eigenvalue weighted by Gasteiger charge is -2.23. The second-order valence-electron chi connectivity index (χ2n) is 5.29. The van der Waals surface area contributed by atoms with Crippen molar-refractivity contribution in [3.8, 4) is 0 Å². The maximum Gasteiger partial charge on any atom is 0.107 e. The van der Waals surface area contributed by atoms with E-state index in [1.165, 1.54) is 50.4 Å². The molecule has 0 N–H and O–H groups in total. The predicted octanol–water partition coefficient (Wildman–Crippen LogP) is 2.55. The summed E-state index contributed by atoms with van der Waals surface area (Å²) >= 11 is 7.53. The van der Waals surface area contributed by atoms with Crippen LogP contribution in [0.1, 0.15) is 30.0 Å². The fraction of sp³-hybridized carbons (Fsp3) is 0.769. The quantitative estimate of drug-likeness (QED) is 0.793. The molecule has 0 bridgehead atoms. The molecule has 2 aliphatic rings. The lowest BCUT2D eigenvalue weighted by atomic mass is 10.2. The molecule has 0 radical (unpaired) electrons. The summed E-state index contributed by atoms with van der Waals surface area (Å²) in [6.07, 6.45) is 4.11. The molecule has 0 aromatic carbocycles. The highest BCUT2D eigenvalue weighted by molar-refractivity contribution is 7.09. The monoisotopic (exact) mass is 285 g/mol. The van der Waals surface area contributed by atoms with Crippen molar-refractivity contribution in [2.75, 3.05) is 26.2 Å². The molecular weight excluding hydrogens is 266 g/mol. The van der Waals surface area contributed by atoms with Gasteiger partial charge in [-0.3, -0.25) is 9.80 Å². The average molecular weight is 286 g/mol. The summed E-state index contributed by atoms with van der Waals surface area (Å²) in [6, 6.07) is 0.792. The summed E-state index contributed by atoms with van der Waals surface area (Å²) in [5, 5.41) is 3.30. The molecule has 2 saturated heterocycles. The molecule has 1 atom stereocenters. The molecule has 1 aromatic heterocycles. The number of rotatable bonds is 4. The number of halogens is 1. The van der Waals surface area contributed by atoms with Crippen LogP contribution in [0.15, 0.2) is 5.38 Å². The van der Waals surface area contributed by atoms with Crippen molar-refractivity contribution in [3.63, 3.8) is 0 Å². The molecule has 18 heavy (non-hydrogen) atoms. The summed E-state index contributed by atoms with van der Waals surface area (Å²) in [5.74, 6) is 0.535. The van der Waals surface area contributed by atoms with Gasteiger partial charge in [0.05, 0.1) is 18.1 Å². The van der Waals surface area contributed by atoms with E-state index in [1.807, 2.05) is 0 Å². The Hall–Kier alpha value is -0.160. The van der Waals surface area contributed by atoms with Crippen molar-refractivity contribution < 1.29 is 0 Å². The number of thiazole rings is 1. The van der Waals surface area contributed by atoms with Gasteiger partial charge in [0.25, 0.3) is 0 Å². The minimum absolute atomic E-state index is 0.535. The molecule has 1 unspecified atom stereocenters. The minimum Gasteiger partial charge on any atom is -0.299 e. The highest BCUT2D eigenvalue weighted by Crippen LogP contribution is 2.22. The molecule has 3 heterocycles. The Morgan fingerprint density at radius 2 is 2.17 bits per heavy atom. The Bertz CT molecular complexity index is 389. The van der Waals surface area contributed by atoms with Gasteiger partial charge in [-0.05, 0) is 32.4 Å². The first-order valence-electron chi connectivity index (χ1n) is 6.81. The second kappa shape index (κ2) is 5.87. The zero-order chi connectivity index (χ0) is 12.4. The van der Waals surface area contributed by atoms with Crippen LogP contribution in [-0.4, -0.2) is 47.0 Å². The van der Waals surface area contributed by atoms with Crippen molar-refractivity contribution in [2.24, 2.45) is 0 Å². The van der Waals surface area contributed by atoms with E-state index in [2.05, 4.69) is 20.2 Å². The van der Waals surface area contributed by atoms with Gasteiger partial charge in [0.2, 0.25) is 0 Å². The average Bonchev–Trinajstić information content (AvgIpc) is 3.10. The smallest absolute Gasteiger partial charge is 0.107 e. The van der Waals surface area contributed by atoms with Gasteiger partial charge in [0.1, 0.15) is 5.01 Å². The molecule has 100 valence electrons. The largest absolute Gasteiger partial charge is 0.299 e. The van der Waals surface area contributed by atoms with Crippen LogP contribution >= 0.6 is 22.9 Å². The molecule has 2 fully saturated rings. The Labute approximate surface area is 118 Å². The number of hydrogen-bond donors (Lipinski definition) is 0. The molecule has 0 aliphatic carbocycles. The molecule has 0 spiro atoms. The third kappa shape index (κ3) is 2.87. The second-order valence-corrected chi connectivity index (χ2v) is 6.50. The van der Waals surface area contributed by atoms with E-state index in [-0.39, 0.29) is 0 Å². The molecule has 2 aliphatic heterocycles. The Morgan fingerprint density at radius 3 is 2.89 bits per heavy atom. The van der Waals surface area contributed by atoms with E-state index < -0.39 is 0 Å². The zero-order valence-electron chi connectivity index (χ0n) is 10.6. The summed E-state index contributed by atoms with van der Waals surface area (Å²) in [6.45, 7) is 6.07. The van der Waals surface area contributed by atoms with Gasteiger partial charge in [-0.25, -0.2) is 4.98 Å². The maximum atomic E-state index is 5.79. The number of nitrogens with zero attached hydrogens (tertiary/aromatic N) is 3. The van der Waals surface area contributed by atoms with Crippen LogP contribution in [0.3, 0.4) is 0 Å². The van der Waals surface area contributed by atoms with E-state index in [0.717, 1.165) is 18.3 Å². The Kier molecular flexibility index (Phi) is 4.19. The van der Waals surface area contributed by atoms with Crippen LogP contribution in [0.25, 0.3) is 0 Å². The van der Waals surface area contributed by atoms with E-state index in [9.17, 15) is 0 Å². The standard InChI is InChI=1S/C13H20ClN3S/c14-7-11-10-18-13(15-11)9-16-6-3-12(8-16)17-4-1-2-5-17/h10,12H,1-9H2. The van der Waals surface area contributed by atoms with E-state index >= 15 is 0 Å². The van der Waals surface area contributed by atoms with Gasteiger partial charge in [-0.1, -0.05) is 0 Å². The summed E-state index contributed by atoms with van der Waals surface area (Å²) in [4.78, 5) is 9.76. The molecule has 5 heteroatoms. The van der Waals surface area contributed by atoms with Crippen LogP contribution in [0.2, 0.25) is 0 Å². The van der Waals surface area contributed by atoms with Crippen molar-refractivity contribution in [1.82, 2.24) is 14.8 Å². The van der Waals surface area contributed by atoms with Gasteiger partial charge >= 0.3 is 0 Å². The van der Waals surface area contributed by atoms with E-state index in [4.69, 9.17) is 11.6 Å². The van der Waals surface area contributed by atoms with Gasteiger partial charge < -0.3 is 0 Å². The van der Waals surface area contributed by atoms with Crippen LogP contribution in [0.4, 0.5) is 0 Å². The maximum absolute atomic E-state index is 5.79. The zero-order valence-corrected chi connectivity index (χ0v) is 12.2. The number of alkyl halides is 1. The third-order valence-corrected chi connectivity index (χ3v) is 5.16. The first kappa shape index (κ1) is 12.9. The first-order valence-corrected chi connectivity index (χ1v) is 8.22. The lowest BCUT2D eigenvalue weighted by molar-refractivity contribution is 0.230. The first-order chi connectivity index (χ1) is 8.85. The highest BCUT2D eigenvalue weighted by Gasteiger charge is 2.29. The van der Waals surface area contributed by atoms with Crippen molar-refractivity contribution in [3.05, 3.63) is 16.1 Å². The summed E-state index contributed by atoms with van der Waals surface area (Å²) in [5.41, 5.74) is 1.02. The summed E-state index contributed by atoms with van der Waals surface area (Å²) in [7, 11) is 0. The van der Waals surface area contributed by atoms with Crippen LogP contribution in [-0.2, 0) is 12.4 Å². The Balaban J connectivity index is 1.52. The number of hydrogen-bond acceptors (Lipinski definition) is 4. The normalized spacial score (nSPS) is 26.2. The lowest BCUT2D eigenvalue weighted by Crippen LogP contribution is -2.35. The van der Waals surface area contributed by atoms with Crippen molar-refractivity contribution in [1.29, 1.82) is 0 Å². The predicted molar refractivity (Wildman–Crippen MR) is 76.2 cm³/mol. The fourth-order valence-corrected chi connectivity index (χ4v) is 4.10. The van der Waals surface area contributed by atoms with E-state index in [1.54, 1.807) is 11.3 Å². The number of aromatic nitrogens is 1.